The predicted molar refractivity (Wildman–Crippen MR) is 143 cm³/mol. The number of aliphatic carboxylic acids is 1. The summed E-state index contributed by atoms with van der Waals surface area (Å²) in [5.41, 5.74) is 3.97. The van der Waals surface area contributed by atoms with Gasteiger partial charge in [-0.15, -0.1) is 0 Å². The molecule has 2 aliphatic rings. The normalized spacial score (nSPS) is 16.5. The molecule has 198 valence electrons. The number of aryl methyl sites for hydroxylation is 3. The van der Waals surface area contributed by atoms with Crippen LogP contribution >= 0.6 is 11.6 Å². The first kappa shape index (κ1) is 26.9. The molecule has 0 aliphatic carbocycles. The Morgan fingerprint density at radius 3 is 2.70 bits per heavy atom. The van der Waals surface area contributed by atoms with Gasteiger partial charge < -0.3 is 20.6 Å². The number of likely N-dealkylation sites (tertiary alicyclic amines) is 1. The maximum absolute atomic E-state index is 13.0. The van der Waals surface area contributed by atoms with E-state index in [1.54, 1.807) is 19.1 Å². The number of pyridine rings is 1. The monoisotopic (exact) mass is 526 g/mol. The molecule has 0 saturated carbocycles. The van der Waals surface area contributed by atoms with E-state index in [2.05, 4.69) is 21.7 Å². The zero-order valence-electron chi connectivity index (χ0n) is 21.5. The zero-order chi connectivity index (χ0) is 26.5. The van der Waals surface area contributed by atoms with Crippen LogP contribution in [0.4, 0.5) is 5.82 Å². The second kappa shape index (κ2) is 11.9. The lowest BCUT2D eigenvalue weighted by molar-refractivity contribution is -0.140. The predicted octanol–water partition coefficient (Wildman–Crippen LogP) is 4.02. The molecule has 8 nitrogen and oxygen atoms in total. The Morgan fingerprint density at radius 1 is 1.24 bits per heavy atom. The van der Waals surface area contributed by atoms with Gasteiger partial charge in [-0.3, -0.25) is 9.59 Å². The second-order valence-electron chi connectivity index (χ2n) is 10.1. The summed E-state index contributed by atoms with van der Waals surface area (Å²) in [4.78, 5) is 44.4. The molecule has 3 N–H and O–H groups in total. The lowest BCUT2D eigenvalue weighted by atomic mass is 9.89. The van der Waals surface area contributed by atoms with Crippen molar-refractivity contribution in [1.82, 2.24) is 15.2 Å². The van der Waals surface area contributed by atoms with E-state index in [0.29, 0.717) is 49.4 Å². The van der Waals surface area contributed by atoms with Crippen LogP contribution < -0.4 is 10.6 Å². The number of piperidine rings is 1. The molecule has 2 aromatic rings. The van der Waals surface area contributed by atoms with Crippen LogP contribution in [0.1, 0.15) is 65.3 Å². The molecule has 37 heavy (non-hydrogen) atoms. The van der Waals surface area contributed by atoms with Crippen molar-refractivity contribution in [2.75, 3.05) is 25.0 Å². The van der Waals surface area contributed by atoms with Gasteiger partial charge in [-0.1, -0.05) is 24.6 Å². The molecule has 2 amide bonds. The summed E-state index contributed by atoms with van der Waals surface area (Å²) in [6.07, 6.45) is 4.70. The molecule has 1 aromatic carbocycles. The average Bonchev–Trinajstić information content (AvgIpc) is 2.87. The van der Waals surface area contributed by atoms with Gasteiger partial charge in [0.2, 0.25) is 5.91 Å². The molecular formula is C28H35ClN4O4. The van der Waals surface area contributed by atoms with Crippen molar-refractivity contribution >= 4 is 35.2 Å². The van der Waals surface area contributed by atoms with Crippen LogP contribution in [0.15, 0.2) is 24.3 Å². The highest BCUT2D eigenvalue weighted by Gasteiger charge is 2.30. The van der Waals surface area contributed by atoms with E-state index >= 15 is 0 Å². The molecule has 1 unspecified atom stereocenters. The fourth-order valence-electron chi connectivity index (χ4n) is 5.35. The van der Waals surface area contributed by atoms with Gasteiger partial charge in [-0.05, 0) is 86.3 Å². The Morgan fingerprint density at radius 2 is 2.00 bits per heavy atom. The number of aromatic nitrogens is 1. The molecule has 3 heterocycles. The third kappa shape index (κ3) is 6.60. The fourth-order valence-corrected chi connectivity index (χ4v) is 5.65. The van der Waals surface area contributed by atoms with E-state index in [1.807, 2.05) is 17.9 Å². The number of hydrogen-bond acceptors (Lipinski definition) is 5. The Labute approximate surface area is 222 Å². The van der Waals surface area contributed by atoms with Crippen molar-refractivity contribution in [2.45, 2.75) is 64.8 Å². The first-order valence-corrected chi connectivity index (χ1v) is 13.5. The molecular weight excluding hydrogens is 492 g/mol. The average molecular weight is 527 g/mol. The number of hydrogen-bond donors (Lipinski definition) is 3. The van der Waals surface area contributed by atoms with Crippen LogP contribution in [-0.4, -0.2) is 58.5 Å². The van der Waals surface area contributed by atoms with E-state index in [1.165, 1.54) is 5.56 Å². The second-order valence-corrected chi connectivity index (χ2v) is 10.5. The summed E-state index contributed by atoms with van der Waals surface area (Å²) in [6, 6.07) is 6.46. The van der Waals surface area contributed by atoms with Crippen molar-refractivity contribution in [1.29, 1.82) is 0 Å². The highest BCUT2D eigenvalue weighted by Crippen LogP contribution is 2.25. The first-order valence-electron chi connectivity index (χ1n) is 13.1. The number of carboxylic acids is 1. The Bertz CT molecular complexity index is 1180. The van der Waals surface area contributed by atoms with Crippen LogP contribution in [0.2, 0.25) is 5.02 Å². The van der Waals surface area contributed by atoms with Crippen LogP contribution in [0.5, 0.6) is 0 Å². The topological polar surface area (TPSA) is 112 Å². The molecule has 2 aliphatic heterocycles. The van der Waals surface area contributed by atoms with Crippen LogP contribution in [-0.2, 0) is 28.9 Å². The summed E-state index contributed by atoms with van der Waals surface area (Å²) in [6.45, 7) is 5.79. The smallest absolute Gasteiger partial charge is 0.326 e. The lowest BCUT2D eigenvalue weighted by Gasteiger charge is -2.33. The minimum absolute atomic E-state index is 0.0371. The maximum atomic E-state index is 13.0. The maximum Gasteiger partial charge on any atom is 0.326 e. The van der Waals surface area contributed by atoms with Gasteiger partial charge in [0.15, 0.2) is 0 Å². The highest BCUT2D eigenvalue weighted by atomic mass is 35.5. The van der Waals surface area contributed by atoms with Gasteiger partial charge >= 0.3 is 5.97 Å². The lowest BCUT2D eigenvalue weighted by Crippen LogP contribution is -2.45. The molecule has 1 saturated heterocycles. The summed E-state index contributed by atoms with van der Waals surface area (Å²) in [5, 5.41) is 16.4. The molecule has 0 spiro atoms. The summed E-state index contributed by atoms with van der Waals surface area (Å²) < 4.78 is 0. The standard InChI is InChI=1S/C28H35ClN4O4/c1-3-19-15-21(29)13-17(2)25(19)27(35)32-23(28(36)37)14-18-8-11-33(12-9-18)24(34)16-22-7-6-20-5-4-10-30-26(20)31-22/h6-7,13,15,18,23H,3-5,8-12,14,16H2,1-2H3,(H,30,31)(H,32,35)(H,36,37). The van der Waals surface area contributed by atoms with E-state index in [-0.39, 0.29) is 18.2 Å². The third-order valence-corrected chi connectivity index (χ3v) is 7.63. The number of carbonyl (C=O) groups is 3. The number of amides is 2. The van der Waals surface area contributed by atoms with Crippen molar-refractivity contribution in [3.05, 3.63) is 57.2 Å². The molecule has 0 radical (unpaired) electrons. The first-order chi connectivity index (χ1) is 17.7. The fraction of sp³-hybridized carbons (Fsp3) is 0.500. The number of fused-ring (bicyclic) bond motifs is 1. The molecule has 9 heteroatoms. The summed E-state index contributed by atoms with van der Waals surface area (Å²) in [5.74, 6) is -0.415. The Balaban J connectivity index is 1.31. The van der Waals surface area contributed by atoms with Gasteiger partial charge in [-0.25, -0.2) is 9.78 Å². The van der Waals surface area contributed by atoms with E-state index in [0.717, 1.165) is 42.0 Å². The molecule has 1 atom stereocenters. The Hall–Kier alpha value is -3.13. The highest BCUT2D eigenvalue weighted by molar-refractivity contribution is 6.30. The minimum atomic E-state index is -1.05. The number of nitrogens with zero attached hydrogens (tertiary/aromatic N) is 2. The minimum Gasteiger partial charge on any atom is -0.480 e. The van der Waals surface area contributed by atoms with Crippen molar-refractivity contribution in [3.63, 3.8) is 0 Å². The van der Waals surface area contributed by atoms with Gasteiger partial charge in [0.1, 0.15) is 11.9 Å². The molecule has 0 bridgehead atoms. The summed E-state index contributed by atoms with van der Waals surface area (Å²) in [7, 11) is 0. The van der Waals surface area contributed by atoms with E-state index in [4.69, 9.17) is 11.6 Å². The van der Waals surface area contributed by atoms with Gasteiger partial charge in [0.05, 0.1) is 12.1 Å². The summed E-state index contributed by atoms with van der Waals surface area (Å²) >= 11 is 6.14. The number of carbonyl (C=O) groups excluding carboxylic acids is 2. The van der Waals surface area contributed by atoms with Crippen molar-refractivity contribution < 1.29 is 19.5 Å². The van der Waals surface area contributed by atoms with Gasteiger partial charge in [0, 0.05) is 30.2 Å². The number of carboxylic acid groups (broad SMARTS) is 1. The molecule has 1 aromatic heterocycles. The van der Waals surface area contributed by atoms with Gasteiger partial charge in [-0.2, -0.15) is 0 Å². The number of rotatable bonds is 8. The van der Waals surface area contributed by atoms with Crippen molar-refractivity contribution in [3.8, 4) is 0 Å². The number of anilines is 1. The van der Waals surface area contributed by atoms with Crippen molar-refractivity contribution in [2.24, 2.45) is 5.92 Å². The van der Waals surface area contributed by atoms with E-state index in [9.17, 15) is 19.5 Å². The largest absolute Gasteiger partial charge is 0.480 e. The third-order valence-electron chi connectivity index (χ3n) is 7.41. The quantitative estimate of drug-likeness (QED) is 0.479. The molecule has 1 fully saturated rings. The SMILES string of the molecule is CCc1cc(Cl)cc(C)c1C(=O)NC(CC1CCN(C(=O)Cc2ccc3c(n2)NCCC3)CC1)C(=O)O. The Kier molecular flexibility index (Phi) is 8.69. The van der Waals surface area contributed by atoms with E-state index < -0.39 is 17.9 Å². The van der Waals surface area contributed by atoms with Gasteiger partial charge in [0.25, 0.3) is 5.91 Å². The number of benzene rings is 1. The zero-order valence-corrected chi connectivity index (χ0v) is 22.2. The van der Waals surface area contributed by atoms with Crippen LogP contribution in [0, 0.1) is 12.8 Å². The van der Waals surface area contributed by atoms with Crippen LogP contribution in [0.25, 0.3) is 0 Å². The number of nitrogens with one attached hydrogen (secondary N) is 2. The van der Waals surface area contributed by atoms with Crippen LogP contribution in [0.3, 0.4) is 0 Å². The molecule has 4 rings (SSSR count). The number of halogens is 1.